The third-order valence-corrected chi connectivity index (χ3v) is 2.53. The van der Waals surface area contributed by atoms with E-state index in [2.05, 4.69) is 4.52 Å². The van der Waals surface area contributed by atoms with Crippen molar-refractivity contribution < 1.29 is 38.9 Å². The molecule has 0 amide bonds. The molecule has 0 spiro atoms. The highest BCUT2D eigenvalue weighted by Crippen LogP contribution is 2.37. The van der Waals surface area contributed by atoms with Crippen LogP contribution in [-0.2, 0) is 13.8 Å². The largest absolute Gasteiger partial charge is 0.469 e. The Bertz CT molecular complexity index is 252. The van der Waals surface area contributed by atoms with E-state index in [9.17, 15) is 14.8 Å². The summed E-state index contributed by atoms with van der Waals surface area (Å²) in [6, 6.07) is 0. The lowest BCUT2D eigenvalue weighted by atomic mass is 10.1. The van der Waals surface area contributed by atoms with Crippen LogP contribution in [0.4, 0.5) is 0 Å². The van der Waals surface area contributed by atoms with Crippen LogP contribution in [0.25, 0.3) is 0 Å². The van der Waals surface area contributed by atoms with Crippen LogP contribution in [-0.4, -0.2) is 62.7 Å². The molecule has 5 N–H and O–H groups in total. The lowest BCUT2D eigenvalue weighted by Gasteiger charge is -2.14. The second-order valence-corrected chi connectivity index (χ2v) is 4.40. The molecule has 0 aromatic carbocycles. The van der Waals surface area contributed by atoms with Crippen molar-refractivity contribution in [1.82, 2.24) is 0 Å². The Kier molecular flexibility index (Phi) is 4.21. The van der Waals surface area contributed by atoms with E-state index in [4.69, 9.17) is 19.6 Å². The van der Waals surface area contributed by atoms with Crippen molar-refractivity contribution in [2.75, 3.05) is 13.2 Å². The quantitative estimate of drug-likeness (QED) is 0.344. The van der Waals surface area contributed by atoms with E-state index < -0.39 is 45.5 Å². The third-order valence-electron chi connectivity index (χ3n) is 2.05. The fourth-order valence-electron chi connectivity index (χ4n) is 1.28. The second kappa shape index (κ2) is 4.86. The van der Waals surface area contributed by atoms with E-state index in [0.717, 1.165) is 0 Å². The van der Waals surface area contributed by atoms with E-state index in [1.807, 2.05) is 0 Å². The summed E-state index contributed by atoms with van der Waals surface area (Å²) in [5.74, 6) is 0. The van der Waals surface area contributed by atoms with Gasteiger partial charge in [0.1, 0.15) is 24.4 Å². The Morgan fingerprint density at radius 3 is 2.13 bits per heavy atom. The van der Waals surface area contributed by atoms with E-state index in [0.29, 0.717) is 0 Å². The Hall–Kier alpha value is -0.0500. The van der Waals surface area contributed by atoms with Gasteiger partial charge in [-0.25, -0.2) is 4.57 Å². The first kappa shape index (κ1) is 13.0. The normalized spacial score (nSPS) is 37.1. The Labute approximate surface area is 85.3 Å². The van der Waals surface area contributed by atoms with Gasteiger partial charge in [-0.15, -0.1) is 0 Å². The van der Waals surface area contributed by atoms with Gasteiger partial charge in [0, 0.05) is 0 Å². The molecular weight excluding hydrogens is 231 g/mol. The lowest BCUT2D eigenvalue weighted by Crippen LogP contribution is -2.35. The molecule has 8 nitrogen and oxygen atoms in total. The summed E-state index contributed by atoms with van der Waals surface area (Å²) in [5.41, 5.74) is 0. The van der Waals surface area contributed by atoms with E-state index >= 15 is 0 Å². The average Bonchev–Trinajstić information content (AvgIpc) is 2.40. The minimum Gasteiger partial charge on any atom is -0.394 e. The summed E-state index contributed by atoms with van der Waals surface area (Å²) in [7, 11) is -4.63. The maximum Gasteiger partial charge on any atom is 0.469 e. The van der Waals surface area contributed by atoms with Crippen LogP contribution in [0.2, 0.25) is 0 Å². The minimum absolute atomic E-state index is 0.495. The first-order valence-corrected chi connectivity index (χ1v) is 5.70. The standard InChI is InChI=1S/C6H13O8P/c7-1-3-5(8)6(9)4(14-3)2-13-15(10,11)12/h3-9H,1-2H2,(H2,10,11,12)/t3-,4+,5+,6+/m0/s1. The molecule has 0 unspecified atom stereocenters. The number of hydrogen-bond acceptors (Lipinski definition) is 6. The second-order valence-electron chi connectivity index (χ2n) is 3.16. The van der Waals surface area contributed by atoms with Crippen molar-refractivity contribution in [3.63, 3.8) is 0 Å². The molecule has 0 saturated carbocycles. The summed E-state index contributed by atoms with van der Waals surface area (Å²) < 4.78 is 19.4. The number of phosphoric acid groups is 1. The van der Waals surface area contributed by atoms with Gasteiger partial charge in [-0.3, -0.25) is 4.52 Å². The molecule has 0 radical (unpaired) electrons. The van der Waals surface area contributed by atoms with Gasteiger partial charge in [-0.2, -0.15) is 0 Å². The van der Waals surface area contributed by atoms with E-state index in [-0.39, 0.29) is 0 Å². The maximum atomic E-state index is 10.4. The van der Waals surface area contributed by atoms with E-state index in [1.165, 1.54) is 0 Å². The average molecular weight is 244 g/mol. The van der Waals surface area contributed by atoms with Crippen molar-refractivity contribution in [3.05, 3.63) is 0 Å². The van der Waals surface area contributed by atoms with Crippen LogP contribution in [0.5, 0.6) is 0 Å². The van der Waals surface area contributed by atoms with Crippen LogP contribution in [0.1, 0.15) is 0 Å². The van der Waals surface area contributed by atoms with Crippen LogP contribution in [0, 0.1) is 0 Å². The lowest BCUT2D eigenvalue weighted by molar-refractivity contribution is -0.0388. The zero-order valence-corrected chi connectivity index (χ0v) is 8.53. The van der Waals surface area contributed by atoms with Gasteiger partial charge in [0.15, 0.2) is 0 Å². The summed E-state index contributed by atoms with van der Waals surface area (Å²) in [4.78, 5) is 16.8. The van der Waals surface area contributed by atoms with E-state index in [1.54, 1.807) is 0 Å². The predicted molar refractivity (Wildman–Crippen MR) is 45.8 cm³/mol. The molecule has 1 aliphatic rings. The van der Waals surface area contributed by atoms with Gasteiger partial charge in [0.25, 0.3) is 0 Å². The predicted octanol–water partition coefficient (Wildman–Crippen LogP) is -2.42. The van der Waals surface area contributed by atoms with Gasteiger partial charge in [-0.05, 0) is 0 Å². The van der Waals surface area contributed by atoms with Gasteiger partial charge >= 0.3 is 7.82 Å². The molecule has 1 aliphatic heterocycles. The van der Waals surface area contributed by atoms with Crippen molar-refractivity contribution in [2.45, 2.75) is 24.4 Å². The molecule has 15 heavy (non-hydrogen) atoms. The fraction of sp³-hybridized carbons (Fsp3) is 1.00. The van der Waals surface area contributed by atoms with Gasteiger partial charge in [-0.1, -0.05) is 0 Å². The Morgan fingerprint density at radius 1 is 1.20 bits per heavy atom. The van der Waals surface area contributed by atoms with Gasteiger partial charge in [0.05, 0.1) is 13.2 Å². The van der Waals surface area contributed by atoms with Gasteiger partial charge < -0.3 is 29.8 Å². The molecule has 0 bridgehead atoms. The topological polar surface area (TPSA) is 137 Å². The first-order chi connectivity index (χ1) is 6.85. The smallest absolute Gasteiger partial charge is 0.394 e. The molecule has 90 valence electrons. The number of aliphatic hydroxyl groups excluding tert-OH is 3. The Morgan fingerprint density at radius 2 is 1.73 bits per heavy atom. The van der Waals surface area contributed by atoms with Crippen LogP contribution in [0.15, 0.2) is 0 Å². The molecular formula is C6H13O8P. The van der Waals surface area contributed by atoms with Crippen molar-refractivity contribution in [2.24, 2.45) is 0 Å². The van der Waals surface area contributed by atoms with Crippen LogP contribution >= 0.6 is 7.82 Å². The summed E-state index contributed by atoms with van der Waals surface area (Å²) in [6.07, 6.45) is -4.66. The molecule has 0 aromatic rings. The highest BCUT2D eigenvalue weighted by atomic mass is 31.2. The molecule has 1 heterocycles. The number of phosphoric ester groups is 1. The van der Waals surface area contributed by atoms with Crippen LogP contribution < -0.4 is 0 Å². The molecule has 4 atom stereocenters. The number of hydrogen-bond donors (Lipinski definition) is 5. The van der Waals surface area contributed by atoms with Crippen molar-refractivity contribution >= 4 is 7.82 Å². The molecule has 1 rings (SSSR count). The SMILES string of the molecule is O=P(O)(O)OC[C@H]1O[C@@H](CO)[C@@H](O)[C@@H]1O. The summed E-state index contributed by atoms with van der Waals surface area (Å²) in [5, 5.41) is 27.3. The first-order valence-electron chi connectivity index (χ1n) is 4.17. The fourth-order valence-corrected chi connectivity index (χ4v) is 1.63. The maximum absolute atomic E-state index is 10.4. The molecule has 1 fully saturated rings. The molecule has 0 aromatic heterocycles. The number of ether oxygens (including phenoxy) is 1. The zero-order chi connectivity index (χ0) is 11.6. The highest BCUT2D eigenvalue weighted by Gasteiger charge is 2.43. The highest BCUT2D eigenvalue weighted by molar-refractivity contribution is 7.46. The number of aliphatic hydroxyl groups is 3. The number of rotatable bonds is 4. The minimum atomic E-state index is -4.63. The van der Waals surface area contributed by atoms with Crippen LogP contribution in [0.3, 0.4) is 0 Å². The van der Waals surface area contributed by atoms with Gasteiger partial charge in [0.2, 0.25) is 0 Å². The molecule has 0 aliphatic carbocycles. The Balaban J connectivity index is 2.47. The molecule has 9 heteroatoms. The van der Waals surface area contributed by atoms with Crippen molar-refractivity contribution in [1.29, 1.82) is 0 Å². The van der Waals surface area contributed by atoms with Crippen molar-refractivity contribution in [3.8, 4) is 0 Å². The zero-order valence-electron chi connectivity index (χ0n) is 7.63. The summed E-state index contributed by atoms with van der Waals surface area (Å²) in [6.45, 7) is -1.05. The molecule has 1 saturated heterocycles. The summed E-state index contributed by atoms with van der Waals surface area (Å²) >= 11 is 0. The third kappa shape index (κ3) is 3.47. The monoisotopic (exact) mass is 244 g/mol.